The third kappa shape index (κ3) is 6.29. The lowest BCUT2D eigenvalue weighted by molar-refractivity contribution is -0.880. The molecule has 1 aromatic heterocycles. The van der Waals surface area contributed by atoms with Crippen LogP contribution in [0.3, 0.4) is 0 Å². The van der Waals surface area contributed by atoms with Gasteiger partial charge in [-0.3, -0.25) is 4.98 Å². The van der Waals surface area contributed by atoms with E-state index in [2.05, 4.69) is 4.98 Å². The van der Waals surface area contributed by atoms with Gasteiger partial charge in [-0.05, 0) is 57.0 Å². The van der Waals surface area contributed by atoms with Gasteiger partial charge in [-0.2, -0.15) is 4.79 Å². The molecule has 0 bridgehead atoms. The van der Waals surface area contributed by atoms with E-state index in [9.17, 15) is 14.7 Å². The van der Waals surface area contributed by atoms with Gasteiger partial charge in [0, 0.05) is 30.3 Å². The van der Waals surface area contributed by atoms with Gasteiger partial charge in [0.2, 0.25) is 0 Å². The van der Waals surface area contributed by atoms with Gasteiger partial charge in [-0.25, -0.2) is 9.28 Å². The molecule has 0 spiro atoms. The first-order valence-electron chi connectivity index (χ1n) is 13.1. The summed E-state index contributed by atoms with van der Waals surface area (Å²) in [5.41, 5.74) is 1.39. The van der Waals surface area contributed by atoms with E-state index in [0.29, 0.717) is 30.5 Å². The van der Waals surface area contributed by atoms with Gasteiger partial charge in [-0.15, -0.1) is 0 Å². The fraction of sp³-hybridized carbons (Fsp3) is 0.387. The van der Waals surface area contributed by atoms with Gasteiger partial charge in [-0.1, -0.05) is 48.5 Å². The Morgan fingerprint density at radius 2 is 1.55 bits per heavy atom. The predicted octanol–water partition coefficient (Wildman–Crippen LogP) is 5.87. The van der Waals surface area contributed by atoms with Crippen LogP contribution >= 0.6 is 0 Å². The molecule has 1 aliphatic rings. The quantitative estimate of drug-likeness (QED) is 0.325. The fourth-order valence-corrected chi connectivity index (χ4v) is 5.30. The molecule has 200 valence electrons. The minimum Gasteiger partial charge on any atom is -0.455 e. The van der Waals surface area contributed by atoms with Crippen molar-refractivity contribution in [1.29, 1.82) is 0 Å². The van der Waals surface area contributed by atoms with Crippen LogP contribution in [0.5, 0.6) is 0 Å². The third-order valence-corrected chi connectivity index (χ3v) is 7.18. The van der Waals surface area contributed by atoms with E-state index in [1.165, 1.54) is 0 Å². The zero-order valence-corrected chi connectivity index (χ0v) is 22.5. The van der Waals surface area contributed by atoms with Gasteiger partial charge >= 0.3 is 12.1 Å². The Morgan fingerprint density at radius 3 is 2.16 bits per heavy atom. The Hall–Kier alpha value is -3.55. The minimum absolute atomic E-state index is 0.0194. The molecule has 0 saturated carbocycles. The number of ether oxygens (including phenoxy) is 2. The molecule has 7 nitrogen and oxygen atoms in total. The summed E-state index contributed by atoms with van der Waals surface area (Å²) in [5, 5.41) is 11.5. The van der Waals surface area contributed by atoms with Crippen LogP contribution in [0.2, 0.25) is 0 Å². The number of aliphatic hydroxyl groups excluding tert-OH is 1. The molecule has 3 aromatic rings. The first-order chi connectivity index (χ1) is 18.1. The maximum atomic E-state index is 13.7. The largest absolute Gasteiger partial charge is 0.516 e. The molecule has 1 saturated heterocycles. The zero-order chi connectivity index (χ0) is 27.3. The number of aromatic nitrogens is 1. The second kappa shape index (κ2) is 11.5. The smallest absolute Gasteiger partial charge is 0.455 e. The number of esters is 1. The normalized spacial score (nSPS) is 23.2. The molecule has 1 aliphatic heterocycles. The zero-order valence-electron chi connectivity index (χ0n) is 22.5. The van der Waals surface area contributed by atoms with Crippen molar-refractivity contribution in [2.45, 2.75) is 57.5 Å². The van der Waals surface area contributed by atoms with Gasteiger partial charge < -0.3 is 14.6 Å². The topological polar surface area (TPSA) is 85.7 Å². The molecule has 2 aromatic carbocycles. The Balaban J connectivity index is 1.69. The van der Waals surface area contributed by atoms with Gasteiger partial charge in [0.05, 0.1) is 19.2 Å². The lowest BCUT2D eigenvalue weighted by Crippen LogP contribution is -2.60. The summed E-state index contributed by atoms with van der Waals surface area (Å²) in [6.45, 7) is 5.90. The molecule has 1 amide bonds. The first-order valence-corrected chi connectivity index (χ1v) is 13.1. The van der Waals surface area contributed by atoms with Crippen LogP contribution in [-0.2, 0) is 9.47 Å². The molecular formula is C31H37N2O5+. The number of piperidine rings is 1. The fourth-order valence-electron chi connectivity index (χ4n) is 5.30. The number of nitrogens with zero attached hydrogens (tertiary/aromatic N) is 2. The summed E-state index contributed by atoms with van der Waals surface area (Å²) in [7, 11) is 1.88. The Morgan fingerprint density at radius 1 is 0.947 bits per heavy atom. The van der Waals surface area contributed by atoms with Crippen LogP contribution in [0.15, 0.2) is 85.2 Å². The Labute approximate surface area is 224 Å². The minimum atomic E-state index is -1.09. The van der Waals surface area contributed by atoms with E-state index < -0.39 is 23.8 Å². The first kappa shape index (κ1) is 27.5. The van der Waals surface area contributed by atoms with Crippen molar-refractivity contribution in [3.63, 3.8) is 0 Å². The van der Waals surface area contributed by atoms with Crippen LogP contribution < -0.4 is 0 Å². The number of hydrogen-bond donors (Lipinski definition) is 1. The number of benzene rings is 2. The van der Waals surface area contributed by atoms with Crippen molar-refractivity contribution in [2.24, 2.45) is 5.92 Å². The highest BCUT2D eigenvalue weighted by molar-refractivity contribution is 5.89. The van der Waals surface area contributed by atoms with Gasteiger partial charge in [0.25, 0.3) is 0 Å². The molecule has 2 heterocycles. The molecule has 0 aliphatic carbocycles. The van der Waals surface area contributed by atoms with Crippen molar-refractivity contribution in [2.75, 3.05) is 13.6 Å². The summed E-state index contributed by atoms with van der Waals surface area (Å²) in [6.07, 6.45) is 2.21. The van der Waals surface area contributed by atoms with Crippen LogP contribution in [0.4, 0.5) is 4.79 Å². The van der Waals surface area contributed by atoms with E-state index in [1.807, 2.05) is 64.2 Å². The molecule has 4 rings (SSSR count). The monoisotopic (exact) mass is 517 g/mol. The second-order valence-corrected chi connectivity index (χ2v) is 11.2. The molecule has 1 fully saturated rings. The molecule has 5 atom stereocenters. The highest BCUT2D eigenvalue weighted by Crippen LogP contribution is 2.43. The van der Waals surface area contributed by atoms with Crippen molar-refractivity contribution in [3.05, 3.63) is 102 Å². The number of likely N-dealkylation sites (tertiary alicyclic amines) is 1. The van der Waals surface area contributed by atoms with Gasteiger partial charge in [0.1, 0.15) is 23.9 Å². The summed E-state index contributed by atoms with van der Waals surface area (Å²) in [6, 6.07) is 22.0. The Kier molecular flexibility index (Phi) is 8.29. The number of aliphatic hydroxyl groups is 1. The molecule has 38 heavy (non-hydrogen) atoms. The lowest BCUT2D eigenvalue weighted by atomic mass is 9.81. The molecule has 7 heteroatoms. The number of pyridine rings is 1. The summed E-state index contributed by atoms with van der Waals surface area (Å²) in [5.74, 6) is -0.816. The Bertz CT molecular complexity index is 1210. The second-order valence-electron chi connectivity index (χ2n) is 11.2. The molecular weight excluding hydrogens is 480 g/mol. The van der Waals surface area contributed by atoms with Crippen LogP contribution in [0.25, 0.3) is 0 Å². The van der Waals surface area contributed by atoms with E-state index in [4.69, 9.17) is 9.47 Å². The molecule has 0 radical (unpaired) electrons. The maximum Gasteiger partial charge on any atom is 0.516 e. The summed E-state index contributed by atoms with van der Waals surface area (Å²) in [4.78, 5) is 31.0. The SMILES string of the molecule is CC(C)(C)OC(=O)[N+]1(C)CC(C(OC(=O)c2ccccc2)C(O)c2ccncc2)CCC1c1ccccc1. The summed E-state index contributed by atoms with van der Waals surface area (Å²) >= 11 is 0. The van der Waals surface area contributed by atoms with Crippen molar-refractivity contribution in [3.8, 4) is 0 Å². The third-order valence-electron chi connectivity index (χ3n) is 7.18. The average Bonchev–Trinajstić information content (AvgIpc) is 2.91. The average molecular weight is 518 g/mol. The van der Waals surface area contributed by atoms with E-state index in [1.54, 1.807) is 48.8 Å². The number of rotatable bonds is 6. The molecule has 5 unspecified atom stereocenters. The highest BCUT2D eigenvalue weighted by Gasteiger charge is 2.52. The number of quaternary nitrogens is 1. The number of carbonyl (C=O) groups is 2. The number of amides is 1. The van der Waals surface area contributed by atoms with E-state index in [0.717, 1.165) is 5.56 Å². The molecule has 1 N–H and O–H groups in total. The van der Waals surface area contributed by atoms with Gasteiger partial charge in [0.15, 0.2) is 0 Å². The summed E-state index contributed by atoms with van der Waals surface area (Å²) < 4.78 is 11.9. The maximum absolute atomic E-state index is 13.7. The van der Waals surface area contributed by atoms with Crippen LogP contribution in [0.1, 0.15) is 67.2 Å². The predicted molar refractivity (Wildman–Crippen MR) is 144 cm³/mol. The van der Waals surface area contributed by atoms with E-state index >= 15 is 0 Å². The van der Waals surface area contributed by atoms with E-state index in [-0.39, 0.29) is 22.5 Å². The highest BCUT2D eigenvalue weighted by atomic mass is 16.6. The lowest BCUT2D eigenvalue weighted by Gasteiger charge is -2.46. The number of hydrogen-bond acceptors (Lipinski definition) is 6. The number of carbonyl (C=O) groups excluding carboxylic acids is 2. The van der Waals surface area contributed by atoms with Crippen LogP contribution in [-0.4, -0.2) is 51.9 Å². The van der Waals surface area contributed by atoms with Crippen LogP contribution in [0, 0.1) is 5.92 Å². The van der Waals surface area contributed by atoms with Crippen molar-refractivity contribution < 1.29 is 28.7 Å². The van der Waals surface area contributed by atoms with Crippen molar-refractivity contribution in [1.82, 2.24) is 4.98 Å². The van der Waals surface area contributed by atoms with Crippen molar-refractivity contribution >= 4 is 12.1 Å². The standard InChI is InChI=1S/C31H37N2O5/c1-31(2,3)38-30(36)33(4)21-25(15-16-26(33)22-11-7-5-8-12-22)28(27(34)23-17-19-32-20-18-23)37-29(35)24-13-9-6-10-14-24/h5-14,17-20,25-28,34H,15-16,21H2,1-4H3/q+1.